The predicted molar refractivity (Wildman–Crippen MR) is 87.3 cm³/mol. The molecule has 0 bridgehead atoms. The van der Waals surface area contributed by atoms with Crippen molar-refractivity contribution in [3.8, 4) is 5.88 Å². The van der Waals surface area contributed by atoms with E-state index in [0.717, 1.165) is 30.5 Å². The Morgan fingerprint density at radius 3 is 2.83 bits per heavy atom. The summed E-state index contributed by atoms with van der Waals surface area (Å²) < 4.78 is 11.8. The number of nitrogens with one attached hydrogen (secondary N) is 1. The quantitative estimate of drug-likeness (QED) is 0.890. The van der Waals surface area contributed by atoms with Gasteiger partial charge in [-0.3, -0.25) is 5.10 Å². The van der Waals surface area contributed by atoms with Crippen molar-refractivity contribution < 1.29 is 14.6 Å². The highest BCUT2D eigenvalue weighted by Gasteiger charge is 2.29. The highest BCUT2D eigenvalue weighted by Crippen LogP contribution is 2.29. The van der Waals surface area contributed by atoms with Crippen LogP contribution in [-0.4, -0.2) is 34.3 Å². The molecular formula is C18H24N2O3. The molecule has 23 heavy (non-hydrogen) atoms. The lowest BCUT2D eigenvalue weighted by Crippen LogP contribution is -2.37. The van der Waals surface area contributed by atoms with Gasteiger partial charge in [-0.1, -0.05) is 37.3 Å². The van der Waals surface area contributed by atoms with Crippen LogP contribution >= 0.6 is 0 Å². The first-order chi connectivity index (χ1) is 11.2. The minimum Gasteiger partial charge on any atom is -0.446 e. The van der Waals surface area contributed by atoms with Crippen molar-refractivity contribution in [2.24, 2.45) is 5.92 Å². The van der Waals surface area contributed by atoms with Gasteiger partial charge in [-0.05, 0) is 24.8 Å². The van der Waals surface area contributed by atoms with Crippen LogP contribution in [-0.2, 0) is 11.2 Å². The summed E-state index contributed by atoms with van der Waals surface area (Å²) in [6, 6.07) is 10.3. The van der Waals surface area contributed by atoms with Crippen LogP contribution in [0.1, 0.15) is 36.6 Å². The Bertz CT molecular complexity index is 626. The van der Waals surface area contributed by atoms with E-state index in [9.17, 15) is 5.11 Å². The maximum Gasteiger partial charge on any atom is 0.238 e. The van der Waals surface area contributed by atoms with Crippen molar-refractivity contribution in [3.05, 3.63) is 47.2 Å². The maximum absolute atomic E-state index is 9.34. The molecule has 1 aliphatic heterocycles. The van der Waals surface area contributed by atoms with Gasteiger partial charge in [0.05, 0.1) is 12.7 Å². The molecule has 2 N–H and O–H groups in total. The van der Waals surface area contributed by atoms with Crippen molar-refractivity contribution in [2.75, 3.05) is 6.61 Å². The molecule has 1 aromatic heterocycles. The summed E-state index contributed by atoms with van der Waals surface area (Å²) in [5, 5.41) is 16.6. The van der Waals surface area contributed by atoms with Crippen molar-refractivity contribution in [1.29, 1.82) is 0 Å². The predicted octanol–water partition coefficient (Wildman–Crippen LogP) is 2.82. The molecule has 3 rings (SSSR count). The first-order valence-electron chi connectivity index (χ1n) is 8.16. The normalized spacial score (nSPS) is 24.6. The van der Waals surface area contributed by atoms with Gasteiger partial charge in [-0.15, -0.1) is 5.10 Å². The molecule has 2 heterocycles. The molecule has 0 amide bonds. The summed E-state index contributed by atoms with van der Waals surface area (Å²) in [7, 11) is 0. The lowest BCUT2D eigenvalue weighted by molar-refractivity contribution is -0.172. The molecule has 1 aliphatic rings. The van der Waals surface area contributed by atoms with E-state index in [2.05, 4.69) is 29.3 Å². The van der Waals surface area contributed by atoms with Gasteiger partial charge in [-0.25, -0.2) is 0 Å². The van der Waals surface area contributed by atoms with Crippen LogP contribution in [0.2, 0.25) is 0 Å². The average molecular weight is 316 g/mol. The Morgan fingerprint density at radius 1 is 1.30 bits per heavy atom. The number of aliphatic hydroxyl groups excluding tert-OH is 1. The third-order valence-corrected chi connectivity index (χ3v) is 4.31. The molecule has 5 heteroatoms. The lowest BCUT2D eigenvalue weighted by Gasteiger charge is -2.32. The van der Waals surface area contributed by atoms with Crippen molar-refractivity contribution in [3.63, 3.8) is 0 Å². The number of rotatable bonds is 5. The number of H-pyrrole nitrogens is 1. The van der Waals surface area contributed by atoms with Crippen LogP contribution in [0.3, 0.4) is 0 Å². The zero-order valence-corrected chi connectivity index (χ0v) is 13.7. The van der Waals surface area contributed by atoms with Crippen LogP contribution in [0.4, 0.5) is 0 Å². The van der Waals surface area contributed by atoms with Gasteiger partial charge >= 0.3 is 0 Å². The molecule has 1 fully saturated rings. The SMILES string of the molecule is Cc1[nH]nc(O[C@H]2C[C@@H](C)C[C@@H](CO)O2)c1Cc1ccccc1. The third-order valence-electron chi connectivity index (χ3n) is 4.31. The number of aryl methyl sites for hydroxylation is 1. The number of aromatic amines is 1. The van der Waals surface area contributed by atoms with Crippen molar-refractivity contribution >= 4 is 0 Å². The van der Waals surface area contributed by atoms with Crippen molar-refractivity contribution in [1.82, 2.24) is 10.2 Å². The van der Waals surface area contributed by atoms with Crippen LogP contribution in [0, 0.1) is 12.8 Å². The molecular weight excluding hydrogens is 292 g/mol. The maximum atomic E-state index is 9.34. The molecule has 0 radical (unpaired) electrons. The van der Waals surface area contributed by atoms with E-state index < -0.39 is 0 Å². The average Bonchev–Trinajstić information content (AvgIpc) is 2.88. The second-order valence-corrected chi connectivity index (χ2v) is 6.36. The van der Waals surface area contributed by atoms with Crippen molar-refractivity contribution in [2.45, 2.75) is 45.5 Å². The minimum atomic E-state index is -0.354. The molecule has 1 aromatic carbocycles. The second kappa shape index (κ2) is 7.15. The minimum absolute atomic E-state index is 0.0284. The number of benzene rings is 1. The van der Waals surface area contributed by atoms with E-state index in [-0.39, 0.29) is 19.0 Å². The fraction of sp³-hybridized carbons (Fsp3) is 0.500. The Morgan fingerprint density at radius 2 is 2.09 bits per heavy atom. The van der Waals surface area contributed by atoms with Gasteiger partial charge < -0.3 is 14.6 Å². The fourth-order valence-corrected chi connectivity index (χ4v) is 3.05. The van der Waals surface area contributed by atoms with E-state index in [1.165, 1.54) is 5.56 Å². The third kappa shape index (κ3) is 3.92. The lowest BCUT2D eigenvalue weighted by atomic mass is 9.97. The summed E-state index contributed by atoms with van der Waals surface area (Å²) in [5.41, 5.74) is 3.28. The van der Waals surface area contributed by atoms with E-state index in [1.54, 1.807) is 0 Å². The standard InChI is InChI=1S/C18H24N2O3/c1-12-8-15(11-21)22-17(9-12)23-18-16(13(2)19-20-18)10-14-6-4-3-5-7-14/h3-7,12,15,17,21H,8-11H2,1-2H3,(H,19,20)/t12-,15-,17-/m0/s1. The summed E-state index contributed by atoms with van der Waals surface area (Å²) >= 11 is 0. The molecule has 124 valence electrons. The van der Waals surface area contributed by atoms with E-state index in [4.69, 9.17) is 9.47 Å². The summed E-state index contributed by atoms with van der Waals surface area (Å²) in [6.07, 6.45) is 1.94. The van der Waals surface area contributed by atoms with E-state index in [1.807, 2.05) is 25.1 Å². The molecule has 0 aliphatic carbocycles. The summed E-state index contributed by atoms with van der Waals surface area (Å²) in [4.78, 5) is 0. The molecule has 5 nitrogen and oxygen atoms in total. The van der Waals surface area contributed by atoms with E-state index in [0.29, 0.717) is 11.8 Å². The second-order valence-electron chi connectivity index (χ2n) is 6.36. The molecule has 0 saturated carbocycles. The molecule has 0 spiro atoms. The highest BCUT2D eigenvalue weighted by atomic mass is 16.7. The summed E-state index contributed by atoms with van der Waals surface area (Å²) in [6.45, 7) is 4.18. The van der Waals surface area contributed by atoms with Crippen LogP contribution in [0.5, 0.6) is 5.88 Å². The van der Waals surface area contributed by atoms with Crippen LogP contribution in [0.25, 0.3) is 0 Å². The molecule has 0 unspecified atom stereocenters. The zero-order valence-electron chi connectivity index (χ0n) is 13.7. The monoisotopic (exact) mass is 316 g/mol. The Labute approximate surface area is 136 Å². The van der Waals surface area contributed by atoms with Crippen LogP contribution in [0.15, 0.2) is 30.3 Å². The first kappa shape index (κ1) is 16.0. The molecule has 3 atom stereocenters. The number of aliphatic hydroxyl groups is 1. The number of aromatic nitrogens is 2. The largest absolute Gasteiger partial charge is 0.446 e. The fourth-order valence-electron chi connectivity index (χ4n) is 3.05. The topological polar surface area (TPSA) is 67.4 Å². The number of hydrogen-bond donors (Lipinski definition) is 2. The Hall–Kier alpha value is -1.85. The van der Waals surface area contributed by atoms with Gasteiger partial charge in [-0.2, -0.15) is 0 Å². The smallest absolute Gasteiger partial charge is 0.238 e. The molecule has 2 aromatic rings. The van der Waals surface area contributed by atoms with Gasteiger partial charge in [0.2, 0.25) is 12.2 Å². The Kier molecular flexibility index (Phi) is 4.98. The number of hydrogen-bond acceptors (Lipinski definition) is 4. The molecule has 1 saturated heterocycles. The van der Waals surface area contributed by atoms with Gasteiger partial charge in [0.1, 0.15) is 0 Å². The highest BCUT2D eigenvalue weighted by molar-refractivity contribution is 5.35. The first-order valence-corrected chi connectivity index (χ1v) is 8.16. The summed E-state index contributed by atoms with van der Waals surface area (Å²) in [5.74, 6) is 1.06. The van der Waals surface area contributed by atoms with E-state index >= 15 is 0 Å². The van der Waals surface area contributed by atoms with Gasteiger partial charge in [0.25, 0.3) is 0 Å². The van der Waals surface area contributed by atoms with Gasteiger partial charge in [0.15, 0.2) is 0 Å². The zero-order chi connectivity index (χ0) is 16.2. The van der Waals surface area contributed by atoms with Gasteiger partial charge in [0, 0.05) is 24.1 Å². The van der Waals surface area contributed by atoms with Crippen LogP contribution < -0.4 is 4.74 Å². The number of ether oxygens (including phenoxy) is 2. The number of nitrogens with zero attached hydrogens (tertiary/aromatic N) is 1. The Balaban J connectivity index is 1.73.